The van der Waals surface area contributed by atoms with Crippen molar-refractivity contribution in [2.45, 2.75) is 13.5 Å². The van der Waals surface area contributed by atoms with Crippen LogP contribution in [0, 0.1) is 5.82 Å². The summed E-state index contributed by atoms with van der Waals surface area (Å²) >= 11 is 0. The maximum Gasteiger partial charge on any atom is 0.328 e. The summed E-state index contributed by atoms with van der Waals surface area (Å²) < 4.78 is 12.7. The van der Waals surface area contributed by atoms with Crippen LogP contribution in [-0.4, -0.2) is 28.4 Å². The maximum atomic E-state index is 12.7. The van der Waals surface area contributed by atoms with Gasteiger partial charge in [-0.15, -0.1) is 0 Å². The highest BCUT2D eigenvalue weighted by molar-refractivity contribution is 5.93. The monoisotopic (exact) mass is 251 g/mol. The summed E-state index contributed by atoms with van der Waals surface area (Å²) in [5.41, 5.74) is 0.787. The number of likely N-dealkylation sites (N-methyl/N-ethyl adjacent to an activating group) is 1. The molecule has 1 N–H and O–H groups in total. The highest BCUT2D eigenvalue weighted by Gasteiger charge is 2.09. The lowest BCUT2D eigenvalue weighted by Crippen LogP contribution is -2.28. The van der Waals surface area contributed by atoms with Gasteiger partial charge in [0.05, 0.1) is 0 Å². The number of amides is 1. The summed E-state index contributed by atoms with van der Waals surface area (Å²) in [5.74, 6) is -1.88. The summed E-state index contributed by atoms with van der Waals surface area (Å²) in [6.07, 6.45) is 1.81. The number of carboxylic acid groups (broad SMARTS) is 1. The van der Waals surface area contributed by atoms with Crippen molar-refractivity contribution in [2.75, 3.05) is 6.54 Å². The Kier molecular flexibility index (Phi) is 5.05. The number of halogens is 1. The fourth-order valence-electron chi connectivity index (χ4n) is 1.40. The molecule has 0 fully saturated rings. The van der Waals surface area contributed by atoms with Crippen LogP contribution in [-0.2, 0) is 16.1 Å². The van der Waals surface area contributed by atoms with Crippen LogP contribution in [0.15, 0.2) is 36.4 Å². The summed E-state index contributed by atoms with van der Waals surface area (Å²) in [6, 6.07) is 5.82. The van der Waals surface area contributed by atoms with E-state index in [0.717, 1.165) is 17.7 Å². The Balaban J connectivity index is 2.69. The molecule has 0 saturated heterocycles. The van der Waals surface area contributed by atoms with Crippen LogP contribution in [0.3, 0.4) is 0 Å². The van der Waals surface area contributed by atoms with E-state index in [2.05, 4.69) is 0 Å². The summed E-state index contributed by atoms with van der Waals surface area (Å²) in [5, 5.41) is 8.44. The van der Waals surface area contributed by atoms with Gasteiger partial charge in [0.2, 0.25) is 5.91 Å². The van der Waals surface area contributed by atoms with E-state index < -0.39 is 5.97 Å². The fourth-order valence-corrected chi connectivity index (χ4v) is 1.40. The van der Waals surface area contributed by atoms with E-state index in [-0.39, 0.29) is 11.7 Å². The van der Waals surface area contributed by atoms with Gasteiger partial charge < -0.3 is 10.0 Å². The molecule has 18 heavy (non-hydrogen) atoms. The molecule has 0 aromatic heterocycles. The molecule has 5 heteroatoms. The van der Waals surface area contributed by atoms with Crippen molar-refractivity contribution in [1.29, 1.82) is 0 Å². The average molecular weight is 251 g/mol. The Morgan fingerprint density at radius 2 is 1.89 bits per heavy atom. The second-order valence-electron chi connectivity index (χ2n) is 3.65. The molecule has 1 aromatic carbocycles. The molecule has 0 unspecified atom stereocenters. The number of aliphatic carboxylic acids is 1. The van der Waals surface area contributed by atoms with Crippen LogP contribution >= 0.6 is 0 Å². The Morgan fingerprint density at radius 3 is 2.39 bits per heavy atom. The van der Waals surface area contributed by atoms with Gasteiger partial charge in [-0.25, -0.2) is 9.18 Å². The van der Waals surface area contributed by atoms with Crippen molar-refractivity contribution in [3.63, 3.8) is 0 Å². The van der Waals surface area contributed by atoms with Crippen LogP contribution in [0.5, 0.6) is 0 Å². The van der Waals surface area contributed by atoms with Crippen molar-refractivity contribution >= 4 is 11.9 Å². The molecular formula is C13H14FNO3. The zero-order chi connectivity index (χ0) is 13.5. The molecule has 0 aliphatic heterocycles. The topological polar surface area (TPSA) is 57.6 Å². The van der Waals surface area contributed by atoms with Crippen LogP contribution in [0.25, 0.3) is 0 Å². The number of hydrogen-bond acceptors (Lipinski definition) is 2. The van der Waals surface area contributed by atoms with Gasteiger partial charge in [-0.1, -0.05) is 12.1 Å². The number of carbonyl (C=O) groups excluding carboxylic acids is 1. The Labute approximate surface area is 104 Å². The van der Waals surface area contributed by atoms with Crippen molar-refractivity contribution in [1.82, 2.24) is 4.90 Å². The first-order chi connectivity index (χ1) is 8.52. The highest BCUT2D eigenvalue weighted by atomic mass is 19.1. The van der Waals surface area contributed by atoms with E-state index in [0.29, 0.717) is 13.1 Å². The largest absolute Gasteiger partial charge is 0.478 e. The van der Waals surface area contributed by atoms with Crippen molar-refractivity contribution < 1.29 is 19.1 Å². The molecule has 0 spiro atoms. The van der Waals surface area contributed by atoms with Crippen LogP contribution in [0.1, 0.15) is 12.5 Å². The van der Waals surface area contributed by atoms with Gasteiger partial charge in [0.15, 0.2) is 0 Å². The van der Waals surface area contributed by atoms with Gasteiger partial charge in [-0.2, -0.15) is 0 Å². The molecular weight excluding hydrogens is 237 g/mol. The predicted octanol–water partition coefficient (Wildman–Crippen LogP) is 1.81. The van der Waals surface area contributed by atoms with E-state index in [1.807, 2.05) is 0 Å². The number of nitrogens with zero attached hydrogens (tertiary/aromatic N) is 1. The van der Waals surface area contributed by atoms with Crippen molar-refractivity contribution in [3.05, 3.63) is 47.8 Å². The fraction of sp³-hybridized carbons (Fsp3) is 0.231. The van der Waals surface area contributed by atoms with E-state index >= 15 is 0 Å². The maximum absolute atomic E-state index is 12.7. The van der Waals surface area contributed by atoms with Gasteiger partial charge in [0.1, 0.15) is 5.82 Å². The molecule has 1 aromatic rings. The lowest BCUT2D eigenvalue weighted by atomic mass is 10.2. The standard InChI is InChI=1S/C13H14FNO3/c1-2-15(12(16)7-8-13(17)18)9-10-3-5-11(14)6-4-10/h3-8H,2,9H2,1H3,(H,17,18)/b8-7+. The Hall–Kier alpha value is -2.17. The number of rotatable bonds is 5. The second kappa shape index (κ2) is 6.54. The zero-order valence-corrected chi connectivity index (χ0v) is 9.97. The Morgan fingerprint density at radius 1 is 1.28 bits per heavy atom. The third-order valence-corrected chi connectivity index (χ3v) is 2.35. The molecule has 4 nitrogen and oxygen atoms in total. The first kappa shape index (κ1) is 13.9. The Bertz CT molecular complexity index is 454. The molecule has 0 aliphatic carbocycles. The second-order valence-corrected chi connectivity index (χ2v) is 3.65. The zero-order valence-electron chi connectivity index (χ0n) is 9.97. The molecule has 0 radical (unpaired) electrons. The van der Waals surface area contributed by atoms with Crippen molar-refractivity contribution in [3.8, 4) is 0 Å². The first-order valence-corrected chi connectivity index (χ1v) is 5.47. The smallest absolute Gasteiger partial charge is 0.328 e. The van der Waals surface area contributed by atoms with Gasteiger partial charge in [0, 0.05) is 25.2 Å². The van der Waals surface area contributed by atoms with E-state index in [9.17, 15) is 14.0 Å². The van der Waals surface area contributed by atoms with Gasteiger partial charge in [-0.05, 0) is 24.6 Å². The first-order valence-electron chi connectivity index (χ1n) is 5.47. The third kappa shape index (κ3) is 4.37. The molecule has 0 heterocycles. The average Bonchev–Trinajstić information content (AvgIpc) is 2.35. The molecule has 1 amide bonds. The SMILES string of the molecule is CCN(Cc1ccc(F)cc1)C(=O)/C=C/C(=O)O. The minimum absolute atomic E-state index is 0.319. The minimum Gasteiger partial charge on any atom is -0.478 e. The lowest BCUT2D eigenvalue weighted by Gasteiger charge is -2.19. The predicted molar refractivity (Wildman–Crippen MR) is 64.3 cm³/mol. The van der Waals surface area contributed by atoms with Gasteiger partial charge in [0.25, 0.3) is 0 Å². The molecule has 96 valence electrons. The molecule has 0 bridgehead atoms. The number of carbonyl (C=O) groups is 2. The van der Waals surface area contributed by atoms with Crippen molar-refractivity contribution in [2.24, 2.45) is 0 Å². The number of carboxylic acids is 1. The van der Waals surface area contributed by atoms with E-state index in [4.69, 9.17) is 5.11 Å². The normalized spacial score (nSPS) is 10.6. The van der Waals surface area contributed by atoms with Gasteiger partial charge >= 0.3 is 5.97 Å². The lowest BCUT2D eigenvalue weighted by molar-refractivity contribution is -0.132. The van der Waals surface area contributed by atoms with Crippen LogP contribution < -0.4 is 0 Å². The molecule has 0 aliphatic rings. The molecule has 0 atom stereocenters. The number of hydrogen-bond donors (Lipinski definition) is 1. The minimum atomic E-state index is -1.17. The third-order valence-electron chi connectivity index (χ3n) is 2.35. The summed E-state index contributed by atoms with van der Waals surface area (Å²) in [4.78, 5) is 23.4. The highest BCUT2D eigenvalue weighted by Crippen LogP contribution is 2.07. The molecule has 1 rings (SSSR count). The van der Waals surface area contributed by atoms with Crippen LogP contribution in [0.4, 0.5) is 4.39 Å². The summed E-state index contributed by atoms with van der Waals surface area (Å²) in [6.45, 7) is 2.55. The molecule has 0 saturated carbocycles. The quantitative estimate of drug-likeness (QED) is 0.812. The van der Waals surface area contributed by atoms with Crippen LogP contribution in [0.2, 0.25) is 0 Å². The van der Waals surface area contributed by atoms with Gasteiger partial charge in [-0.3, -0.25) is 4.79 Å². The van der Waals surface area contributed by atoms with E-state index in [1.165, 1.54) is 17.0 Å². The number of benzene rings is 1. The van der Waals surface area contributed by atoms with E-state index in [1.54, 1.807) is 19.1 Å². The summed E-state index contributed by atoms with van der Waals surface area (Å²) in [7, 11) is 0.